The molecule has 0 fully saturated rings. The Balaban J connectivity index is 1.54. The summed E-state index contributed by atoms with van der Waals surface area (Å²) < 4.78 is 5.84. The second kappa shape index (κ2) is 14.5. The second-order valence-electron chi connectivity index (χ2n) is 16.8. The van der Waals surface area contributed by atoms with Crippen molar-refractivity contribution < 1.29 is 0 Å². The van der Waals surface area contributed by atoms with E-state index in [0.29, 0.717) is 37.1 Å². The van der Waals surface area contributed by atoms with Crippen LogP contribution in [0.5, 0.6) is 0 Å². The van der Waals surface area contributed by atoms with Gasteiger partial charge in [0.15, 0.2) is 17.5 Å². The molecule has 0 unspecified atom stereocenters. The van der Waals surface area contributed by atoms with Gasteiger partial charge in [-0.25, -0.2) is 29.0 Å². The molecule has 4 heterocycles. The van der Waals surface area contributed by atoms with E-state index in [9.17, 15) is 0 Å². The van der Waals surface area contributed by atoms with Gasteiger partial charge in [0, 0.05) is 0 Å². The van der Waals surface area contributed by atoms with Gasteiger partial charge in [-0.3, -0.25) is 0 Å². The molecule has 15 heteroatoms. The smallest absolute Gasteiger partial charge is 0.183 e. The van der Waals surface area contributed by atoms with Crippen LogP contribution >= 0.6 is 0 Å². The molecule has 7 rings (SSSR count). The summed E-state index contributed by atoms with van der Waals surface area (Å²) in [5.74, 6) is 1.53. The highest BCUT2D eigenvalue weighted by molar-refractivity contribution is 6.89. The van der Waals surface area contributed by atoms with Crippen molar-refractivity contribution in [2.75, 3.05) is 0 Å². The first-order chi connectivity index (χ1) is 25.7. The lowest BCUT2D eigenvalue weighted by Crippen LogP contribution is -2.41. The predicted molar refractivity (Wildman–Crippen MR) is 222 cm³/mol. The summed E-state index contributed by atoms with van der Waals surface area (Å²) >= 11 is 0. The Morgan fingerprint density at radius 1 is 0.370 bits per heavy atom. The zero-order valence-corrected chi connectivity index (χ0v) is 35.6. The molecule has 0 radical (unpaired) electrons. The van der Waals surface area contributed by atoms with E-state index in [-0.39, 0.29) is 0 Å². The van der Waals surface area contributed by atoms with Crippen LogP contribution in [0.3, 0.4) is 0 Å². The lowest BCUT2D eigenvalue weighted by molar-refractivity contribution is 0.646. The van der Waals surface area contributed by atoms with Gasteiger partial charge in [-0.1, -0.05) is 166 Å². The van der Waals surface area contributed by atoms with Crippen LogP contribution in [0.1, 0.15) is 16.7 Å². The quantitative estimate of drug-likeness (QED) is 0.150. The van der Waals surface area contributed by atoms with E-state index < -0.39 is 24.2 Å². The fourth-order valence-electron chi connectivity index (χ4n) is 6.41. The molecule has 4 aromatic heterocycles. The van der Waals surface area contributed by atoms with Crippen molar-refractivity contribution >= 4 is 40.2 Å². The highest BCUT2D eigenvalue weighted by atomic mass is 28.3. The van der Waals surface area contributed by atoms with Crippen LogP contribution in [-0.2, 0) is 19.6 Å². The zero-order chi connectivity index (χ0) is 38.3. The first kappa shape index (κ1) is 37.1. The molecular weight excluding hydrogens is 721 g/mol. The van der Waals surface area contributed by atoms with Crippen molar-refractivity contribution in [1.82, 2.24) is 59.9 Å². The van der Waals surface area contributed by atoms with E-state index in [4.69, 9.17) is 45.9 Å². The van der Waals surface area contributed by atoms with Gasteiger partial charge in [0.1, 0.15) is 41.3 Å². The minimum absolute atomic E-state index is 0.510. The Bertz CT molecular complexity index is 2090. The Hall–Kier alpha value is -5.26. The van der Waals surface area contributed by atoms with E-state index in [1.54, 1.807) is 0 Å². The summed E-state index contributed by atoms with van der Waals surface area (Å²) in [5, 5.41) is 31.6. The molecule has 0 spiro atoms. The van der Waals surface area contributed by atoms with Crippen LogP contribution in [-0.4, -0.2) is 84.2 Å². The lowest BCUT2D eigenvalue weighted by Gasteiger charge is -2.19. The third-order valence-electron chi connectivity index (χ3n) is 9.13. The number of aromatic nitrogens is 12. The lowest BCUT2D eigenvalue weighted by atomic mass is 10.2. The Kier molecular flexibility index (Phi) is 9.97. The van der Waals surface area contributed by atoms with Crippen molar-refractivity contribution in [2.24, 2.45) is 0 Å². The summed E-state index contributed by atoms with van der Waals surface area (Å²) in [7, 11) is -6.21. The molecule has 54 heavy (non-hydrogen) atoms. The van der Waals surface area contributed by atoms with Crippen LogP contribution in [0.4, 0.5) is 0 Å². The molecule has 0 atom stereocenters. The van der Waals surface area contributed by atoms with Crippen LogP contribution in [0.15, 0.2) is 91.0 Å². The van der Waals surface area contributed by atoms with Crippen LogP contribution in [0.25, 0.3) is 34.6 Å². The Morgan fingerprint density at radius 3 is 0.833 bits per heavy atom. The normalized spacial score (nSPS) is 12.4. The maximum Gasteiger partial charge on any atom is 0.183 e. The van der Waals surface area contributed by atoms with Gasteiger partial charge in [0.2, 0.25) is 0 Å². The number of benzene rings is 3. The molecule has 0 aliphatic rings. The zero-order valence-electron chi connectivity index (χ0n) is 32.6. The third-order valence-corrected chi connectivity index (χ3v) is 14.4. The number of hydrogen-bond acceptors (Lipinski definition) is 9. The number of hydrogen-bond donors (Lipinski definition) is 0. The molecule has 12 nitrogen and oxygen atoms in total. The second-order valence-corrected chi connectivity index (χ2v) is 31.8. The van der Waals surface area contributed by atoms with E-state index in [2.05, 4.69) is 95.3 Å². The SMILES string of the molecule is C[Si](C)(C)c1nnn(Cc2ccccc2)c1-c1nc(-c2c([Si](C)(C)C)nnn2Cc2ccccc2)nc(-c2c([Si](C)(C)C)nnn2Cc2ccccc2)n1. The summed E-state index contributed by atoms with van der Waals surface area (Å²) in [6, 6.07) is 31.0. The maximum absolute atomic E-state index is 5.37. The summed E-state index contributed by atoms with van der Waals surface area (Å²) in [4.78, 5) is 16.1. The minimum Gasteiger partial charge on any atom is -0.237 e. The van der Waals surface area contributed by atoms with E-state index >= 15 is 0 Å². The molecule has 3 aromatic carbocycles. The van der Waals surface area contributed by atoms with E-state index in [1.807, 2.05) is 68.6 Å². The Morgan fingerprint density at radius 2 is 0.611 bits per heavy atom. The fraction of sp³-hybridized carbons (Fsp3) is 0.308. The average Bonchev–Trinajstić information content (AvgIpc) is 3.87. The monoisotopic (exact) mass is 768 g/mol. The minimum atomic E-state index is -2.07. The van der Waals surface area contributed by atoms with Gasteiger partial charge in [0.25, 0.3) is 0 Å². The number of rotatable bonds is 12. The van der Waals surface area contributed by atoms with Gasteiger partial charge >= 0.3 is 0 Å². The summed E-state index contributed by atoms with van der Waals surface area (Å²) in [6.07, 6.45) is 0. The first-order valence-electron chi connectivity index (χ1n) is 18.4. The molecule has 0 amide bonds. The van der Waals surface area contributed by atoms with Gasteiger partial charge in [-0.05, 0) is 16.7 Å². The molecule has 0 bridgehead atoms. The molecular formula is C39H48N12Si3. The van der Waals surface area contributed by atoms with Crippen molar-refractivity contribution in [3.8, 4) is 34.6 Å². The van der Waals surface area contributed by atoms with Crippen LogP contribution < -0.4 is 16.0 Å². The van der Waals surface area contributed by atoms with Gasteiger partial charge in [0.05, 0.1) is 35.6 Å². The van der Waals surface area contributed by atoms with E-state index in [0.717, 1.165) is 49.7 Å². The molecule has 276 valence electrons. The molecule has 0 N–H and O–H groups in total. The predicted octanol–water partition coefficient (Wildman–Crippen LogP) is 5.43. The van der Waals surface area contributed by atoms with Gasteiger partial charge in [-0.15, -0.1) is 15.3 Å². The van der Waals surface area contributed by atoms with Crippen molar-refractivity contribution in [1.29, 1.82) is 0 Å². The molecule has 0 saturated carbocycles. The average molecular weight is 769 g/mol. The summed E-state index contributed by atoms with van der Waals surface area (Å²) in [5.41, 5.74) is 5.73. The van der Waals surface area contributed by atoms with E-state index in [1.165, 1.54) is 0 Å². The topological polar surface area (TPSA) is 131 Å². The van der Waals surface area contributed by atoms with Crippen molar-refractivity contribution in [2.45, 2.75) is 78.6 Å². The Labute approximate surface area is 319 Å². The molecule has 0 saturated heterocycles. The highest BCUT2D eigenvalue weighted by Gasteiger charge is 2.35. The third kappa shape index (κ3) is 7.83. The van der Waals surface area contributed by atoms with Crippen LogP contribution in [0, 0.1) is 0 Å². The molecule has 0 aliphatic heterocycles. The fourth-order valence-corrected chi connectivity index (χ4v) is 10.3. The highest BCUT2D eigenvalue weighted by Crippen LogP contribution is 2.27. The molecule has 7 aromatic rings. The largest absolute Gasteiger partial charge is 0.237 e. The van der Waals surface area contributed by atoms with Gasteiger partial charge < -0.3 is 0 Å². The molecule has 0 aliphatic carbocycles. The van der Waals surface area contributed by atoms with Gasteiger partial charge in [-0.2, -0.15) is 0 Å². The van der Waals surface area contributed by atoms with Crippen molar-refractivity contribution in [3.63, 3.8) is 0 Å². The number of nitrogens with zero attached hydrogens (tertiary/aromatic N) is 12. The first-order valence-corrected chi connectivity index (χ1v) is 28.9. The van der Waals surface area contributed by atoms with Crippen molar-refractivity contribution in [3.05, 3.63) is 108 Å². The summed E-state index contributed by atoms with van der Waals surface area (Å²) in [6.45, 7) is 22.1. The van der Waals surface area contributed by atoms with Crippen LogP contribution in [0.2, 0.25) is 58.9 Å². The standard InChI is InChI=1S/C39H48N12Si3/c1-52(2,3)37-31(49(46-43-37)25-28-19-13-10-14-20-28)34-40-35(32-38(53(4,5)6)44-47-50(32)26-29-21-15-11-16-22-29)42-36(41-34)33-39(54(7,8)9)45-48-51(33)27-30-23-17-12-18-24-30/h10-24H,25-27H2,1-9H3. The maximum atomic E-state index is 5.37.